The fourth-order valence-electron chi connectivity index (χ4n) is 1.14. The number of hydrogen-bond donors (Lipinski definition) is 1. The topological polar surface area (TPSA) is 76.2 Å². The number of rotatable bonds is 3. The summed E-state index contributed by atoms with van der Waals surface area (Å²) in [5.41, 5.74) is 0.139. The van der Waals surface area contributed by atoms with Gasteiger partial charge >= 0.3 is 5.97 Å². The Labute approximate surface area is 95.5 Å². The van der Waals surface area contributed by atoms with Gasteiger partial charge in [-0.05, 0) is 19.1 Å². The molecule has 0 aliphatic rings. The molecule has 0 bridgehead atoms. The predicted octanol–water partition coefficient (Wildman–Crippen LogP) is 2.23. The molecule has 2 aromatic rings. The summed E-state index contributed by atoms with van der Waals surface area (Å²) in [5, 5.41) is 16.8. The van der Waals surface area contributed by atoms with Gasteiger partial charge in [-0.1, -0.05) is 11.8 Å². The molecule has 0 amide bonds. The van der Waals surface area contributed by atoms with Crippen LogP contribution in [-0.2, 0) is 0 Å². The fraction of sp³-hybridized carbons (Fsp3) is 0.100. The van der Waals surface area contributed by atoms with Gasteiger partial charge in [0.25, 0.3) is 0 Å². The Balaban J connectivity index is 2.35. The van der Waals surface area contributed by atoms with Crippen molar-refractivity contribution in [3.63, 3.8) is 0 Å². The highest BCUT2D eigenvalue weighted by Crippen LogP contribution is 2.31. The number of furan rings is 1. The van der Waals surface area contributed by atoms with Crippen LogP contribution in [0.15, 0.2) is 38.9 Å². The minimum absolute atomic E-state index is 0.139. The van der Waals surface area contributed by atoms with Gasteiger partial charge in [0, 0.05) is 0 Å². The van der Waals surface area contributed by atoms with Crippen LogP contribution in [0.5, 0.6) is 0 Å². The molecule has 0 aliphatic carbocycles. The number of nitrogens with zero attached hydrogens (tertiary/aromatic N) is 2. The molecule has 82 valence electrons. The molecule has 0 saturated heterocycles. The first kappa shape index (κ1) is 10.7. The maximum Gasteiger partial charge on any atom is 0.338 e. The summed E-state index contributed by atoms with van der Waals surface area (Å²) in [6, 6.07) is 3.19. The minimum Gasteiger partial charge on any atom is -0.478 e. The van der Waals surface area contributed by atoms with Crippen LogP contribution in [-0.4, -0.2) is 21.3 Å². The number of carboxylic acid groups (broad SMARTS) is 1. The first-order valence-corrected chi connectivity index (χ1v) is 5.27. The molecule has 0 fully saturated rings. The van der Waals surface area contributed by atoms with E-state index < -0.39 is 5.97 Å². The van der Waals surface area contributed by atoms with Crippen molar-refractivity contribution in [2.75, 3.05) is 0 Å². The van der Waals surface area contributed by atoms with Crippen LogP contribution < -0.4 is 0 Å². The predicted molar refractivity (Wildman–Crippen MR) is 56.6 cm³/mol. The van der Waals surface area contributed by atoms with E-state index in [1.54, 1.807) is 19.3 Å². The van der Waals surface area contributed by atoms with Crippen LogP contribution in [0.2, 0.25) is 0 Å². The molecule has 0 atom stereocenters. The molecule has 2 aromatic heterocycles. The van der Waals surface area contributed by atoms with E-state index in [1.165, 1.54) is 24.0 Å². The summed E-state index contributed by atoms with van der Waals surface area (Å²) >= 11 is 1.23. The zero-order chi connectivity index (χ0) is 11.5. The first-order chi connectivity index (χ1) is 7.68. The maximum absolute atomic E-state index is 10.9. The van der Waals surface area contributed by atoms with Crippen molar-refractivity contribution in [3.8, 4) is 0 Å². The van der Waals surface area contributed by atoms with E-state index in [-0.39, 0.29) is 5.56 Å². The Morgan fingerprint density at radius 3 is 2.94 bits per heavy atom. The van der Waals surface area contributed by atoms with Gasteiger partial charge in [0.05, 0.1) is 22.9 Å². The van der Waals surface area contributed by atoms with E-state index in [0.29, 0.717) is 5.03 Å². The van der Waals surface area contributed by atoms with E-state index in [9.17, 15) is 4.79 Å². The van der Waals surface area contributed by atoms with Crippen LogP contribution >= 0.6 is 11.8 Å². The van der Waals surface area contributed by atoms with Crippen molar-refractivity contribution in [3.05, 3.63) is 35.9 Å². The first-order valence-electron chi connectivity index (χ1n) is 4.45. The highest BCUT2D eigenvalue weighted by Gasteiger charge is 2.14. The van der Waals surface area contributed by atoms with Gasteiger partial charge in [-0.2, -0.15) is 5.10 Å². The normalized spacial score (nSPS) is 10.3. The van der Waals surface area contributed by atoms with Crippen LogP contribution in [0.1, 0.15) is 16.1 Å². The molecule has 0 spiro atoms. The SMILES string of the molecule is Cc1occc1Sc1nnccc1C(=O)O. The van der Waals surface area contributed by atoms with Crippen LogP contribution in [0.4, 0.5) is 0 Å². The van der Waals surface area contributed by atoms with Gasteiger partial charge in [0.1, 0.15) is 10.8 Å². The summed E-state index contributed by atoms with van der Waals surface area (Å²) in [7, 11) is 0. The van der Waals surface area contributed by atoms with Crippen molar-refractivity contribution < 1.29 is 14.3 Å². The molecule has 0 radical (unpaired) electrons. The Hall–Kier alpha value is -1.82. The molecule has 1 N–H and O–H groups in total. The van der Waals surface area contributed by atoms with Crippen molar-refractivity contribution in [1.29, 1.82) is 0 Å². The van der Waals surface area contributed by atoms with Gasteiger partial charge in [-0.25, -0.2) is 4.79 Å². The average molecular weight is 236 g/mol. The molecule has 0 aliphatic heterocycles. The lowest BCUT2D eigenvalue weighted by Crippen LogP contribution is -2.01. The number of hydrogen-bond acceptors (Lipinski definition) is 5. The summed E-state index contributed by atoms with van der Waals surface area (Å²) in [4.78, 5) is 11.8. The summed E-state index contributed by atoms with van der Waals surface area (Å²) in [6.07, 6.45) is 2.91. The molecular weight excluding hydrogens is 228 g/mol. The molecule has 2 rings (SSSR count). The second kappa shape index (κ2) is 4.36. The number of carbonyl (C=O) groups is 1. The molecule has 6 heteroatoms. The van der Waals surface area contributed by atoms with Gasteiger partial charge in [0.2, 0.25) is 0 Å². The van der Waals surface area contributed by atoms with Crippen molar-refractivity contribution in [2.24, 2.45) is 0 Å². The number of aryl methyl sites for hydroxylation is 1. The Bertz CT molecular complexity index is 524. The number of carboxylic acids is 1. The third-order valence-corrected chi connectivity index (χ3v) is 3.07. The van der Waals surface area contributed by atoms with E-state index >= 15 is 0 Å². The average Bonchev–Trinajstić information content (AvgIpc) is 2.65. The van der Waals surface area contributed by atoms with Crippen LogP contribution in [0.25, 0.3) is 0 Å². The number of aromatic carboxylic acids is 1. The second-order valence-corrected chi connectivity index (χ2v) is 4.03. The van der Waals surface area contributed by atoms with Gasteiger partial charge in [-0.3, -0.25) is 0 Å². The van der Waals surface area contributed by atoms with Crippen molar-refractivity contribution in [1.82, 2.24) is 10.2 Å². The van der Waals surface area contributed by atoms with E-state index in [0.717, 1.165) is 10.7 Å². The molecule has 2 heterocycles. The zero-order valence-electron chi connectivity index (χ0n) is 8.38. The summed E-state index contributed by atoms with van der Waals surface area (Å²) < 4.78 is 5.12. The minimum atomic E-state index is -1.02. The third kappa shape index (κ3) is 2.06. The molecule has 0 aromatic carbocycles. The Kier molecular flexibility index (Phi) is 2.91. The number of aromatic nitrogens is 2. The van der Waals surface area contributed by atoms with E-state index in [2.05, 4.69) is 10.2 Å². The molecule has 0 unspecified atom stereocenters. The molecule has 5 nitrogen and oxygen atoms in total. The Morgan fingerprint density at radius 1 is 1.50 bits per heavy atom. The highest BCUT2D eigenvalue weighted by atomic mass is 32.2. The monoisotopic (exact) mass is 236 g/mol. The quantitative estimate of drug-likeness (QED) is 0.880. The molecule has 0 saturated carbocycles. The van der Waals surface area contributed by atoms with E-state index in [1.807, 2.05) is 0 Å². The zero-order valence-corrected chi connectivity index (χ0v) is 9.19. The van der Waals surface area contributed by atoms with Gasteiger partial charge in [0.15, 0.2) is 0 Å². The van der Waals surface area contributed by atoms with Crippen LogP contribution in [0, 0.1) is 6.92 Å². The highest BCUT2D eigenvalue weighted by molar-refractivity contribution is 7.99. The summed E-state index contributed by atoms with van der Waals surface area (Å²) in [6.45, 7) is 1.80. The standard InChI is InChI=1S/C10H8N2O3S/c1-6-8(3-5-15-6)16-9-7(10(13)14)2-4-11-12-9/h2-5H,1H3,(H,13,14). The van der Waals surface area contributed by atoms with Gasteiger partial charge in [-0.15, -0.1) is 5.10 Å². The van der Waals surface area contributed by atoms with E-state index in [4.69, 9.17) is 9.52 Å². The largest absolute Gasteiger partial charge is 0.478 e. The van der Waals surface area contributed by atoms with Crippen molar-refractivity contribution in [2.45, 2.75) is 16.8 Å². The molecule has 16 heavy (non-hydrogen) atoms. The van der Waals surface area contributed by atoms with Gasteiger partial charge < -0.3 is 9.52 Å². The molecular formula is C10H8N2O3S. The lowest BCUT2D eigenvalue weighted by molar-refractivity contribution is 0.0692. The van der Waals surface area contributed by atoms with Crippen molar-refractivity contribution >= 4 is 17.7 Å². The van der Waals surface area contributed by atoms with Crippen LogP contribution in [0.3, 0.4) is 0 Å². The third-order valence-electron chi connectivity index (χ3n) is 1.94. The fourth-order valence-corrected chi connectivity index (χ4v) is 2.02. The maximum atomic E-state index is 10.9. The smallest absolute Gasteiger partial charge is 0.338 e. The lowest BCUT2D eigenvalue weighted by Gasteiger charge is -2.01. The lowest BCUT2D eigenvalue weighted by atomic mass is 10.3. The Morgan fingerprint density at radius 2 is 2.31 bits per heavy atom. The summed E-state index contributed by atoms with van der Waals surface area (Å²) in [5.74, 6) is -0.287. The second-order valence-electron chi connectivity index (χ2n) is 3.00.